The molecular formula is C27H36N4O7S2. The number of rotatable bonds is 10. The van der Waals surface area contributed by atoms with Gasteiger partial charge in [-0.15, -0.1) is 0 Å². The third kappa shape index (κ3) is 6.05. The number of fused-ring (bicyclic) bond motifs is 1. The number of aryl methyl sites for hydroxylation is 1. The Kier molecular flexibility index (Phi) is 8.26. The molecule has 5 rings (SSSR count). The maximum atomic E-state index is 13.3. The number of aliphatic hydroxyl groups excluding tert-OH is 1. The lowest BCUT2D eigenvalue weighted by molar-refractivity contribution is -0.0312. The molecule has 3 aromatic rings. The Balaban J connectivity index is 1.09. The molecule has 1 aromatic heterocycles. The molecule has 3 N–H and O–H groups in total. The van der Waals surface area contributed by atoms with Gasteiger partial charge in [-0.2, -0.15) is 4.31 Å². The Morgan fingerprint density at radius 3 is 2.62 bits per heavy atom. The van der Waals surface area contributed by atoms with E-state index in [9.17, 15) is 21.9 Å². The monoisotopic (exact) mass is 592 g/mol. The van der Waals surface area contributed by atoms with Crippen molar-refractivity contribution in [3.8, 4) is 5.75 Å². The maximum absolute atomic E-state index is 13.3. The second kappa shape index (κ2) is 11.4. The summed E-state index contributed by atoms with van der Waals surface area (Å²) in [6.45, 7) is 1.54. The summed E-state index contributed by atoms with van der Waals surface area (Å²) in [7, 11) is -3.91. The standard InChI is InChI=1S/C27H36N4O7S2/c1-28-39(33,34)24-5-3-4-23(15-24)37-19-22(32)17-29-21-16-27(38-18-21)9-12-31(13-10-27)40(35,36)25-6-7-26-20(14-25)8-11-30(26)2/h3-8,11,14-15,21-22,28-29,32H,9-10,12-13,16-19H2,1-2H3. The first-order chi connectivity index (χ1) is 19.0. The van der Waals surface area contributed by atoms with E-state index >= 15 is 0 Å². The molecule has 218 valence electrons. The van der Waals surface area contributed by atoms with Crippen LogP contribution in [0, 0.1) is 0 Å². The van der Waals surface area contributed by atoms with E-state index in [1.54, 1.807) is 28.6 Å². The molecule has 2 atom stereocenters. The summed E-state index contributed by atoms with van der Waals surface area (Å²) in [5.41, 5.74) is 0.605. The smallest absolute Gasteiger partial charge is 0.243 e. The largest absolute Gasteiger partial charge is 0.491 e. The van der Waals surface area contributed by atoms with E-state index in [0.717, 1.165) is 17.3 Å². The van der Waals surface area contributed by atoms with Crippen molar-refractivity contribution in [2.75, 3.05) is 39.9 Å². The quantitative estimate of drug-likeness (QED) is 0.321. The molecule has 0 amide bonds. The van der Waals surface area contributed by atoms with Gasteiger partial charge in [-0.25, -0.2) is 21.6 Å². The van der Waals surface area contributed by atoms with Crippen LogP contribution < -0.4 is 14.8 Å². The maximum Gasteiger partial charge on any atom is 0.243 e. The zero-order valence-electron chi connectivity index (χ0n) is 22.6. The van der Waals surface area contributed by atoms with Crippen molar-refractivity contribution < 1.29 is 31.4 Å². The zero-order chi connectivity index (χ0) is 28.5. The van der Waals surface area contributed by atoms with Crippen molar-refractivity contribution in [1.29, 1.82) is 0 Å². The van der Waals surface area contributed by atoms with Gasteiger partial charge in [0.1, 0.15) is 18.5 Å². The molecule has 0 radical (unpaired) electrons. The van der Waals surface area contributed by atoms with Crippen LogP contribution in [0.4, 0.5) is 0 Å². The minimum absolute atomic E-state index is 0.00360. The predicted octanol–water partition coefficient (Wildman–Crippen LogP) is 1.43. The number of aliphatic hydroxyl groups is 1. The summed E-state index contributed by atoms with van der Waals surface area (Å²) in [6, 6.07) is 13.3. The molecule has 1 spiro atoms. The minimum Gasteiger partial charge on any atom is -0.491 e. The molecule has 2 aliphatic rings. The molecular weight excluding hydrogens is 556 g/mol. The summed E-state index contributed by atoms with van der Waals surface area (Å²) in [5.74, 6) is 0.351. The fraction of sp³-hybridized carbons (Fsp3) is 0.481. The van der Waals surface area contributed by atoms with Gasteiger partial charge in [0.25, 0.3) is 0 Å². The molecule has 0 saturated carbocycles. The van der Waals surface area contributed by atoms with Crippen molar-refractivity contribution in [2.24, 2.45) is 7.05 Å². The topological polar surface area (TPSA) is 139 Å². The first-order valence-electron chi connectivity index (χ1n) is 13.3. The van der Waals surface area contributed by atoms with Gasteiger partial charge in [-0.3, -0.25) is 0 Å². The van der Waals surface area contributed by atoms with Crippen LogP contribution in [0.1, 0.15) is 19.3 Å². The summed E-state index contributed by atoms with van der Waals surface area (Å²) >= 11 is 0. The molecule has 2 aromatic carbocycles. The van der Waals surface area contributed by atoms with Crippen molar-refractivity contribution in [3.05, 3.63) is 54.7 Å². The minimum atomic E-state index is -3.60. The average molecular weight is 593 g/mol. The van der Waals surface area contributed by atoms with Crippen LogP contribution in [-0.4, -0.2) is 88.5 Å². The van der Waals surface area contributed by atoms with Crippen LogP contribution >= 0.6 is 0 Å². The summed E-state index contributed by atoms with van der Waals surface area (Å²) in [6.07, 6.45) is 3.05. The average Bonchev–Trinajstić information content (AvgIpc) is 3.53. The van der Waals surface area contributed by atoms with Gasteiger partial charge in [0.15, 0.2) is 0 Å². The molecule has 2 unspecified atom stereocenters. The van der Waals surface area contributed by atoms with Crippen LogP contribution in [0.15, 0.2) is 64.5 Å². The molecule has 0 aliphatic carbocycles. The van der Waals surface area contributed by atoms with E-state index in [-0.39, 0.29) is 29.7 Å². The number of nitrogens with one attached hydrogen (secondary N) is 2. The molecule has 0 bridgehead atoms. The van der Waals surface area contributed by atoms with E-state index in [1.165, 1.54) is 19.2 Å². The fourth-order valence-corrected chi connectivity index (χ4v) is 7.67. The van der Waals surface area contributed by atoms with Crippen LogP contribution in [0.25, 0.3) is 10.9 Å². The lowest BCUT2D eigenvalue weighted by Crippen LogP contribution is -2.47. The number of piperidine rings is 1. The Labute approximate surface area is 235 Å². The van der Waals surface area contributed by atoms with Crippen LogP contribution in [0.3, 0.4) is 0 Å². The predicted molar refractivity (Wildman–Crippen MR) is 150 cm³/mol. The van der Waals surface area contributed by atoms with Crippen LogP contribution in [0.5, 0.6) is 5.75 Å². The van der Waals surface area contributed by atoms with Crippen molar-refractivity contribution in [2.45, 2.75) is 46.8 Å². The van der Waals surface area contributed by atoms with E-state index in [1.807, 2.05) is 29.9 Å². The molecule has 2 aliphatic heterocycles. The summed E-state index contributed by atoms with van der Waals surface area (Å²) < 4.78 is 68.1. The Morgan fingerprint density at radius 1 is 1.10 bits per heavy atom. The molecule has 2 fully saturated rings. The van der Waals surface area contributed by atoms with Gasteiger partial charge < -0.3 is 24.5 Å². The van der Waals surface area contributed by atoms with E-state index in [0.29, 0.717) is 43.2 Å². The first kappa shape index (κ1) is 29.0. The van der Waals surface area contributed by atoms with Gasteiger partial charge in [0.2, 0.25) is 20.0 Å². The zero-order valence-corrected chi connectivity index (χ0v) is 24.2. The fourth-order valence-electron chi connectivity index (χ4n) is 5.43. The molecule has 11 nitrogen and oxygen atoms in total. The van der Waals surface area contributed by atoms with Crippen molar-refractivity contribution in [1.82, 2.24) is 18.9 Å². The number of hydrogen-bond acceptors (Lipinski definition) is 8. The van der Waals surface area contributed by atoms with Gasteiger partial charge >= 0.3 is 0 Å². The highest BCUT2D eigenvalue weighted by Gasteiger charge is 2.44. The molecule has 2 saturated heterocycles. The molecule has 40 heavy (non-hydrogen) atoms. The first-order valence-corrected chi connectivity index (χ1v) is 16.2. The summed E-state index contributed by atoms with van der Waals surface area (Å²) in [4.78, 5) is 0.394. The second-order valence-corrected chi connectivity index (χ2v) is 14.3. The number of nitrogens with zero attached hydrogens (tertiary/aromatic N) is 2. The Morgan fingerprint density at radius 2 is 1.88 bits per heavy atom. The SMILES string of the molecule is CNS(=O)(=O)c1cccc(OCC(O)CNC2COC3(CCN(S(=O)(=O)c4ccc5c(ccn5C)c4)CC3)C2)c1. The van der Waals surface area contributed by atoms with Gasteiger partial charge in [-0.05, 0) is 62.7 Å². The van der Waals surface area contributed by atoms with Crippen molar-refractivity contribution >= 4 is 30.9 Å². The Bertz CT molecular complexity index is 1560. The number of benzene rings is 2. The van der Waals surface area contributed by atoms with Crippen LogP contribution in [0.2, 0.25) is 0 Å². The molecule has 3 heterocycles. The number of hydrogen-bond donors (Lipinski definition) is 3. The number of aromatic nitrogens is 1. The number of sulfonamides is 2. The lowest BCUT2D eigenvalue weighted by Gasteiger charge is -2.38. The molecule has 13 heteroatoms. The van der Waals surface area contributed by atoms with Gasteiger partial charge in [0.05, 0.1) is 22.0 Å². The highest BCUT2D eigenvalue weighted by molar-refractivity contribution is 7.89. The van der Waals surface area contributed by atoms with E-state index in [4.69, 9.17) is 9.47 Å². The van der Waals surface area contributed by atoms with Crippen LogP contribution in [-0.2, 0) is 31.8 Å². The highest BCUT2D eigenvalue weighted by Crippen LogP contribution is 2.37. The highest BCUT2D eigenvalue weighted by atomic mass is 32.2. The summed E-state index contributed by atoms with van der Waals surface area (Å²) in [5, 5.41) is 14.6. The lowest BCUT2D eigenvalue weighted by atomic mass is 9.88. The third-order valence-electron chi connectivity index (χ3n) is 7.81. The Hall–Kier alpha value is -2.52. The number of ether oxygens (including phenoxy) is 2. The van der Waals surface area contributed by atoms with E-state index < -0.39 is 26.2 Å². The van der Waals surface area contributed by atoms with Gasteiger partial charge in [-0.1, -0.05) is 6.07 Å². The van der Waals surface area contributed by atoms with Crippen molar-refractivity contribution in [3.63, 3.8) is 0 Å². The third-order valence-corrected chi connectivity index (χ3v) is 11.1. The second-order valence-electron chi connectivity index (χ2n) is 10.5. The van der Waals surface area contributed by atoms with Gasteiger partial charge in [0, 0.05) is 55.9 Å². The normalized spacial score (nSPS) is 20.7. The van der Waals surface area contributed by atoms with E-state index in [2.05, 4.69) is 10.0 Å².